The molecule has 4 heterocycles. The lowest BCUT2D eigenvalue weighted by Gasteiger charge is -2.09. The average molecular weight is 282 g/mol. The molecule has 0 radical (unpaired) electrons. The van der Waals surface area contributed by atoms with Gasteiger partial charge in [0.2, 0.25) is 0 Å². The lowest BCUT2D eigenvalue weighted by Crippen LogP contribution is -1.91. The van der Waals surface area contributed by atoms with E-state index in [1.807, 2.05) is 36.8 Å². The molecule has 4 nitrogen and oxygen atoms in total. The first-order chi connectivity index (χ1) is 10.9. The van der Waals surface area contributed by atoms with Crippen LogP contribution in [0.25, 0.3) is 43.6 Å². The first-order valence-corrected chi connectivity index (χ1v) is 7.08. The van der Waals surface area contributed by atoms with Crippen molar-refractivity contribution in [1.29, 1.82) is 0 Å². The molecule has 0 spiro atoms. The summed E-state index contributed by atoms with van der Waals surface area (Å²) < 4.78 is 0. The molecule has 0 saturated carbocycles. The van der Waals surface area contributed by atoms with Gasteiger partial charge in [0, 0.05) is 40.1 Å². The molecule has 5 aromatic rings. The first-order valence-electron chi connectivity index (χ1n) is 7.08. The molecule has 1 aromatic carbocycles. The zero-order chi connectivity index (χ0) is 14.5. The zero-order valence-corrected chi connectivity index (χ0v) is 11.6. The predicted molar refractivity (Wildman–Crippen MR) is 87.6 cm³/mol. The lowest BCUT2D eigenvalue weighted by molar-refractivity contribution is 1.35. The van der Waals surface area contributed by atoms with Gasteiger partial charge in [0.25, 0.3) is 0 Å². The van der Waals surface area contributed by atoms with Crippen LogP contribution in [0.2, 0.25) is 0 Å². The second-order valence-corrected chi connectivity index (χ2v) is 5.22. The third-order valence-corrected chi connectivity index (χ3v) is 4.02. The molecule has 22 heavy (non-hydrogen) atoms. The van der Waals surface area contributed by atoms with Crippen LogP contribution < -0.4 is 0 Å². The maximum absolute atomic E-state index is 4.65. The molecule has 4 aromatic heterocycles. The quantitative estimate of drug-likeness (QED) is 0.404. The second-order valence-electron chi connectivity index (χ2n) is 5.22. The number of rotatable bonds is 0. The van der Waals surface area contributed by atoms with Gasteiger partial charge in [0.15, 0.2) is 0 Å². The highest BCUT2D eigenvalue weighted by atomic mass is 14.8. The van der Waals surface area contributed by atoms with Crippen LogP contribution in [0.15, 0.2) is 61.2 Å². The number of nitrogens with zero attached hydrogens (tertiary/aromatic N) is 4. The fraction of sp³-hybridized carbons (Fsp3) is 0. The maximum atomic E-state index is 4.65. The highest BCUT2D eigenvalue weighted by Crippen LogP contribution is 2.34. The van der Waals surface area contributed by atoms with Crippen LogP contribution in [0.1, 0.15) is 0 Å². The Hall–Kier alpha value is -3.14. The molecule has 0 bridgehead atoms. The molecule has 0 saturated heterocycles. The number of fused-ring (bicyclic) bond motifs is 8. The van der Waals surface area contributed by atoms with Crippen molar-refractivity contribution in [2.24, 2.45) is 0 Å². The van der Waals surface area contributed by atoms with Crippen molar-refractivity contribution in [3.05, 3.63) is 61.2 Å². The van der Waals surface area contributed by atoms with Gasteiger partial charge in [-0.05, 0) is 30.3 Å². The summed E-state index contributed by atoms with van der Waals surface area (Å²) in [4.78, 5) is 18.2. The van der Waals surface area contributed by atoms with E-state index in [9.17, 15) is 0 Å². The molecular weight excluding hydrogens is 272 g/mol. The van der Waals surface area contributed by atoms with Crippen molar-refractivity contribution in [3.8, 4) is 0 Å². The van der Waals surface area contributed by atoms with Gasteiger partial charge in [-0.25, -0.2) is 0 Å². The van der Waals surface area contributed by atoms with Gasteiger partial charge in [-0.3, -0.25) is 19.9 Å². The Balaban J connectivity index is 2.24. The van der Waals surface area contributed by atoms with Crippen molar-refractivity contribution in [1.82, 2.24) is 19.9 Å². The summed E-state index contributed by atoms with van der Waals surface area (Å²) in [5.74, 6) is 0. The molecule has 0 fully saturated rings. The van der Waals surface area contributed by atoms with E-state index in [2.05, 4.69) is 38.1 Å². The summed E-state index contributed by atoms with van der Waals surface area (Å²) >= 11 is 0. The number of benzene rings is 1. The molecule has 0 aliphatic heterocycles. The Morgan fingerprint density at radius 1 is 0.545 bits per heavy atom. The van der Waals surface area contributed by atoms with E-state index in [-0.39, 0.29) is 0 Å². The third-order valence-electron chi connectivity index (χ3n) is 4.02. The topological polar surface area (TPSA) is 51.6 Å². The average Bonchev–Trinajstić information content (AvgIpc) is 2.61. The summed E-state index contributed by atoms with van der Waals surface area (Å²) in [6, 6.07) is 12.0. The largest absolute Gasteiger partial charge is 0.255 e. The minimum Gasteiger partial charge on any atom is -0.255 e. The van der Waals surface area contributed by atoms with Crippen molar-refractivity contribution in [2.75, 3.05) is 0 Å². The van der Waals surface area contributed by atoms with E-state index in [0.29, 0.717) is 0 Å². The number of hydrogen-bond acceptors (Lipinski definition) is 4. The Morgan fingerprint density at radius 2 is 1.14 bits per heavy atom. The van der Waals surface area contributed by atoms with Crippen LogP contribution in [0, 0.1) is 0 Å². The fourth-order valence-corrected chi connectivity index (χ4v) is 3.10. The Morgan fingerprint density at radius 3 is 1.91 bits per heavy atom. The van der Waals surface area contributed by atoms with Crippen LogP contribution >= 0.6 is 0 Å². The van der Waals surface area contributed by atoms with E-state index in [1.165, 1.54) is 0 Å². The summed E-state index contributed by atoms with van der Waals surface area (Å²) in [5.41, 5.74) is 3.67. The first kappa shape index (κ1) is 11.5. The SMILES string of the molecule is c1cnc2c(c1)c1ncccc1c1ncc3ncccc3c21. The molecule has 0 amide bonds. The minimum atomic E-state index is 0.880. The molecule has 0 atom stereocenters. The third kappa shape index (κ3) is 1.41. The molecule has 4 heteroatoms. The highest BCUT2D eigenvalue weighted by molar-refractivity contribution is 6.27. The fourth-order valence-electron chi connectivity index (χ4n) is 3.10. The normalized spacial score (nSPS) is 11.6. The monoisotopic (exact) mass is 282 g/mol. The summed E-state index contributed by atoms with van der Waals surface area (Å²) in [6.45, 7) is 0. The molecule has 5 rings (SSSR count). The summed E-state index contributed by atoms with van der Waals surface area (Å²) in [6.07, 6.45) is 7.22. The van der Waals surface area contributed by atoms with Crippen molar-refractivity contribution >= 4 is 43.6 Å². The Kier molecular flexibility index (Phi) is 2.19. The second kappa shape index (κ2) is 4.18. The van der Waals surface area contributed by atoms with Gasteiger partial charge < -0.3 is 0 Å². The summed E-state index contributed by atoms with van der Waals surface area (Å²) in [5, 5.41) is 4.20. The van der Waals surface area contributed by atoms with E-state index in [4.69, 9.17) is 0 Å². The lowest BCUT2D eigenvalue weighted by atomic mass is 10.0. The van der Waals surface area contributed by atoms with Gasteiger partial charge in [0.1, 0.15) is 0 Å². The summed E-state index contributed by atoms with van der Waals surface area (Å²) in [7, 11) is 0. The van der Waals surface area contributed by atoms with Crippen LogP contribution in [-0.4, -0.2) is 19.9 Å². The number of hydrogen-bond donors (Lipinski definition) is 0. The smallest absolute Gasteiger partial charge is 0.0892 e. The molecule has 0 aliphatic carbocycles. The molecule has 0 aliphatic rings. The van der Waals surface area contributed by atoms with Gasteiger partial charge in [-0.2, -0.15) is 0 Å². The van der Waals surface area contributed by atoms with Crippen LogP contribution in [0.3, 0.4) is 0 Å². The molecule has 102 valence electrons. The van der Waals surface area contributed by atoms with Crippen molar-refractivity contribution < 1.29 is 0 Å². The molecule has 0 N–H and O–H groups in total. The van der Waals surface area contributed by atoms with Crippen LogP contribution in [0.5, 0.6) is 0 Å². The van der Waals surface area contributed by atoms with E-state index in [1.54, 1.807) is 6.20 Å². The van der Waals surface area contributed by atoms with E-state index < -0.39 is 0 Å². The van der Waals surface area contributed by atoms with Gasteiger partial charge in [-0.1, -0.05) is 6.07 Å². The minimum absolute atomic E-state index is 0.880. The van der Waals surface area contributed by atoms with E-state index in [0.717, 1.165) is 43.6 Å². The number of aromatic nitrogens is 4. The maximum Gasteiger partial charge on any atom is 0.0892 e. The van der Waals surface area contributed by atoms with Gasteiger partial charge in [0.05, 0.1) is 28.3 Å². The standard InChI is InChI=1S/C18H10N4/c1-4-11-14(19-7-1)10-22-18-13-6-2-8-20-16(13)12-5-3-9-21-17(12)15(11)18/h1-10H. The zero-order valence-electron chi connectivity index (χ0n) is 11.6. The highest BCUT2D eigenvalue weighted by Gasteiger charge is 2.13. The van der Waals surface area contributed by atoms with Crippen LogP contribution in [-0.2, 0) is 0 Å². The molecule has 0 unspecified atom stereocenters. The predicted octanol–water partition coefficient (Wildman–Crippen LogP) is 3.88. The van der Waals surface area contributed by atoms with Gasteiger partial charge >= 0.3 is 0 Å². The Bertz CT molecular complexity index is 1140. The molecular formula is C18H10N4. The van der Waals surface area contributed by atoms with Crippen molar-refractivity contribution in [3.63, 3.8) is 0 Å². The van der Waals surface area contributed by atoms with E-state index >= 15 is 0 Å². The van der Waals surface area contributed by atoms with Gasteiger partial charge in [-0.15, -0.1) is 0 Å². The van der Waals surface area contributed by atoms with Crippen molar-refractivity contribution in [2.45, 2.75) is 0 Å². The Labute approximate surface area is 125 Å². The number of pyridine rings is 4. The van der Waals surface area contributed by atoms with Crippen LogP contribution in [0.4, 0.5) is 0 Å².